The average Bonchev–Trinajstić information content (AvgIpc) is 2.55. The summed E-state index contributed by atoms with van der Waals surface area (Å²) in [5, 5.41) is 2.93. The zero-order valence-corrected chi connectivity index (χ0v) is 12.1. The normalized spacial score (nSPS) is 10.2. The Balaban J connectivity index is 1.89. The van der Waals surface area contributed by atoms with Crippen LogP contribution in [0.2, 0.25) is 0 Å². The number of nitrogens with two attached hydrogens (primary N) is 1. The molecular formula is C17H20N2O2. The molecule has 0 saturated carbocycles. The Morgan fingerprint density at radius 2 is 1.86 bits per heavy atom. The van der Waals surface area contributed by atoms with Crippen molar-refractivity contribution in [1.82, 2.24) is 5.32 Å². The summed E-state index contributed by atoms with van der Waals surface area (Å²) in [6, 6.07) is 15.2. The van der Waals surface area contributed by atoms with Crippen molar-refractivity contribution in [1.29, 1.82) is 0 Å². The van der Waals surface area contributed by atoms with Gasteiger partial charge in [0.15, 0.2) is 0 Å². The Hall–Kier alpha value is -2.33. The van der Waals surface area contributed by atoms with Crippen LogP contribution in [0.5, 0.6) is 5.75 Å². The number of carbonyl (C=O) groups is 1. The third kappa shape index (κ3) is 4.07. The van der Waals surface area contributed by atoms with E-state index in [9.17, 15) is 4.79 Å². The molecule has 110 valence electrons. The highest BCUT2D eigenvalue weighted by Gasteiger charge is 2.08. The number of carbonyl (C=O) groups excluding carboxylic acids is 1. The molecule has 0 aliphatic heterocycles. The summed E-state index contributed by atoms with van der Waals surface area (Å²) < 4.78 is 5.11. The van der Waals surface area contributed by atoms with Gasteiger partial charge in [0.05, 0.1) is 7.11 Å². The quantitative estimate of drug-likeness (QED) is 0.854. The van der Waals surface area contributed by atoms with Crippen LogP contribution in [0.15, 0.2) is 48.5 Å². The Morgan fingerprint density at radius 3 is 2.52 bits per heavy atom. The van der Waals surface area contributed by atoms with Crippen molar-refractivity contribution in [2.45, 2.75) is 13.0 Å². The van der Waals surface area contributed by atoms with Crippen molar-refractivity contribution < 1.29 is 9.53 Å². The van der Waals surface area contributed by atoms with Crippen LogP contribution in [0.4, 0.5) is 0 Å². The maximum Gasteiger partial charge on any atom is 0.251 e. The van der Waals surface area contributed by atoms with Crippen molar-refractivity contribution in [2.75, 3.05) is 13.7 Å². The predicted octanol–water partition coefficient (Wildman–Crippen LogP) is 2.13. The first-order valence-electron chi connectivity index (χ1n) is 6.93. The van der Waals surface area contributed by atoms with Gasteiger partial charge in [-0.1, -0.05) is 30.3 Å². The smallest absolute Gasteiger partial charge is 0.251 e. The summed E-state index contributed by atoms with van der Waals surface area (Å²) in [6.07, 6.45) is 0.778. The standard InChI is InChI=1S/C17H20N2O2/c1-21-15-8-6-13(7-9-15)10-11-19-17(20)16-5-3-2-4-14(16)12-18/h2-9H,10-12,18H2,1H3,(H,19,20). The molecule has 0 spiro atoms. The first-order chi connectivity index (χ1) is 10.2. The van der Waals surface area contributed by atoms with E-state index in [1.165, 1.54) is 0 Å². The van der Waals surface area contributed by atoms with E-state index in [0.29, 0.717) is 18.7 Å². The Labute approximate surface area is 124 Å². The Kier molecular flexibility index (Phi) is 5.35. The highest BCUT2D eigenvalue weighted by atomic mass is 16.5. The van der Waals surface area contributed by atoms with Crippen LogP contribution in [0.3, 0.4) is 0 Å². The van der Waals surface area contributed by atoms with Crippen LogP contribution >= 0.6 is 0 Å². The molecule has 0 aliphatic rings. The zero-order valence-electron chi connectivity index (χ0n) is 12.1. The minimum absolute atomic E-state index is 0.0791. The van der Waals surface area contributed by atoms with E-state index in [2.05, 4.69) is 5.32 Å². The lowest BCUT2D eigenvalue weighted by Crippen LogP contribution is -2.27. The van der Waals surface area contributed by atoms with Gasteiger partial charge in [-0.3, -0.25) is 4.79 Å². The molecule has 0 fully saturated rings. The number of benzene rings is 2. The summed E-state index contributed by atoms with van der Waals surface area (Å²) in [4.78, 5) is 12.1. The molecule has 0 saturated heterocycles. The van der Waals surface area contributed by atoms with Crippen molar-refractivity contribution in [3.8, 4) is 5.75 Å². The molecule has 0 aromatic heterocycles. The van der Waals surface area contributed by atoms with Crippen LogP contribution < -0.4 is 15.8 Å². The van der Waals surface area contributed by atoms with E-state index in [1.54, 1.807) is 13.2 Å². The van der Waals surface area contributed by atoms with Gasteiger partial charge in [-0.05, 0) is 35.7 Å². The van der Waals surface area contributed by atoms with E-state index >= 15 is 0 Å². The molecule has 2 rings (SSSR count). The molecule has 3 N–H and O–H groups in total. The van der Waals surface area contributed by atoms with Crippen LogP contribution in [0.25, 0.3) is 0 Å². The number of methoxy groups -OCH3 is 1. The lowest BCUT2D eigenvalue weighted by atomic mass is 10.1. The van der Waals surface area contributed by atoms with Crippen molar-refractivity contribution in [3.05, 3.63) is 65.2 Å². The van der Waals surface area contributed by atoms with Gasteiger partial charge in [-0.15, -0.1) is 0 Å². The molecule has 4 nitrogen and oxygen atoms in total. The van der Waals surface area contributed by atoms with Crippen molar-refractivity contribution in [2.24, 2.45) is 5.73 Å². The molecule has 0 heterocycles. The van der Waals surface area contributed by atoms with Gasteiger partial charge in [-0.2, -0.15) is 0 Å². The lowest BCUT2D eigenvalue weighted by molar-refractivity contribution is 0.0953. The molecule has 21 heavy (non-hydrogen) atoms. The number of hydrogen-bond donors (Lipinski definition) is 2. The second-order valence-electron chi connectivity index (χ2n) is 4.72. The van der Waals surface area contributed by atoms with Gasteiger partial charge in [0.2, 0.25) is 0 Å². The summed E-state index contributed by atoms with van der Waals surface area (Å²) in [6.45, 7) is 0.951. The molecule has 2 aromatic carbocycles. The average molecular weight is 284 g/mol. The first kappa shape index (κ1) is 15.1. The highest BCUT2D eigenvalue weighted by Crippen LogP contribution is 2.11. The van der Waals surface area contributed by atoms with Gasteiger partial charge in [0.1, 0.15) is 5.75 Å². The van der Waals surface area contributed by atoms with Crippen LogP contribution in [-0.4, -0.2) is 19.6 Å². The maximum atomic E-state index is 12.1. The minimum Gasteiger partial charge on any atom is -0.497 e. The number of rotatable bonds is 6. The van der Waals surface area contributed by atoms with E-state index < -0.39 is 0 Å². The van der Waals surface area contributed by atoms with Gasteiger partial charge in [0, 0.05) is 18.7 Å². The second kappa shape index (κ2) is 7.45. The predicted molar refractivity (Wildman–Crippen MR) is 83.4 cm³/mol. The topological polar surface area (TPSA) is 64.3 Å². The third-order valence-corrected chi connectivity index (χ3v) is 3.34. The van der Waals surface area contributed by atoms with Crippen LogP contribution in [0.1, 0.15) is 21.5 Å². The van der Waals surface area contributed by atoms with Crippen molar-refractivity contribution in [3.63, 3.8) is 0 Å². The van der Waals surface area contributed by atoms with Crippen LogP contribution in [0, 0.1) is 0 Å². The number of amides is 1. The van der Waals surface area contributed by atoms with E-state index in [0.717, 1.165) is 23.3 Å². The molecule has 1 amide bonds. The third-order valence-electron chi connectivity index (χ3n) is 3.34. The molecule has 2 aromatic rings. The lowest BCUT2D eigenvalue weighted by Gasteiger charge is -2.09. The molecular weight excluding hydrogens is 264 g/mol. The van der Waals surface area contributed by atoms with Gasteiger partial charge in [0.25, 0.3) is 5.91 Å². The Bertz CT molecular complexity index is 594. The fourth-order valence-corrected chi connectivity index (χ4v) is 2.13. The second-order valence-corrected chi connectivity index (χ2v) is 4.72. The minimum atomic E-state index is -0.0791. The van der Waals surface area contributed by atoms with E-state index in [4.69, 9.17) is 10.5 Å². The molecule has 0 unspecified atom stereocenters. The summed E-state index contributed by atoms with van der Waals surface area (Å²) in [5.74, 6) is 0.754. The molecule has 0 bridgehead atoms. The van der Waals surface area contributed by atoms with E-state index in [1.807, 2.05) is 42.5 Å². The fraction of sp³-hybridized carbons (Fsp3) is 0.235. The van der Waals surface area contributed by atoms with Gasteiger partial charge >= 0.3 is 0 Å². The zero-order chi connectivity index (χ0) is 15.1. The molecule has 0 aliphatic carbocycles. The Morgan fingerprint density at radius 1 is 1.14 bits per heavy atom. The fourth-order valence-electron chi connectivity index (χ4n) is 2.13. The number of hydrogen-bond acceptors (Lipinski definition) is 3. The monoisotopic (exact) mass is 284 g/mol. The van der Waals surface area contributed by atoms with Gasteiger partial charge in [-0.25, -0.2) is 0 Å². The largest absolute Gasteiger partial charge is 0.497 e. The summed E-state index contributed by atoms with van der Waals surface area (Å²) in [5.41, 5.74) is 8.31. The molecule has 0 radical (unpaired) electrons. The maximum absolute atomic E-state index is 12.1. The van der Waals surface area contributed by atoms with Crippen LogP contribution in [-0.2, 0) is 13.0 Å². The van der Waals surface area contributed by atoms with E-state index in [-0.39, 0.29) is 5.91 Å². The summed E-state index contributed by atoms with van der Waals surface area (Å²) >= 11 is 0. The molecule has 0 atom stereocenters. The molecule has 4 heteroatoms. The number of ether oxygens (including phenoxy) is 1. The first-order valence-corrected chi connectivity index (χ1v) is 6.93. The SMILES string of the molecule is COc1ccc(CCNC(=O)c2ccccc2CN)cc1. The van der Waals surface area contributed by atoms with Crippen molar-refractivity contribution >= 4 is 5.91 Å². The highest BCUT2D eigenvalue weighted by molar-refractivity contribution is 5.95. The van der Waals surface area contributed by atoms with Gasteiger partial charge < -0.3 is 15.8 Å². The summed E-state index contributed by atoms with van der Waals surface area (Å²) in [7, 11) is 1.64. The number of nitrogens with one attached hydrogen (secondary N) is 1.